The molecule has 6 rings (SSSR count). The highest BCUT2D eigenvalue weighted by molar-refractivity contribution is 6.01. The second-order valence-corrected chi connectivity index (χ2v) is 11.3. The minimum Gasteiger partial charge on any atom is -0.393 e. The van der Waals surface area contributed by atoms with Crippen molar-refractivity contribution in [3.63, 3.8) is 0 Å². The van der Waals surface area contributed by atoms with Gasteiger partial charge in [0.05, 0.1) is 23.3 Å². The molecular weight excluding hydrogens is 442 g/mol. The highest BCUT2D eigenvalue weighted by Crippen LogP contribution is 2.67. The lowest BCUT2D eigenvalue weighted by atomic mass is 9.46. The number of benzene rings is 1. The Morgan fingerprint density at radius 1 is 1.17 bits per heavy atom. The van der Waals surface area contributed by atoms with Crippen LogP contribution in [0.5, 0.6) is 0 Å². The molecule has 7 atom stereocenters. The van der Waals surface area contributed by atoms with E-state index >= 15 is 0 Å². The zero-order valence-corrected chi connectivity index (χ0v) is 20.1. The van der Waals surface area contributed by atoms with Gasteiger partial charge in [0.25, 0.3) is 5.91 Å². The molecule has 0 radical (unpaired) electrons. The Bertz CT molecular complexity index is 1300. The highest BCUT2D eigenvalue weighted by atomic mass is 16.3. The van der Waals surface area contributed by atoms with E-state index in [1.807, 2.05) is 37.3 Å². The third-order valence-electron chi connectivity index (χ3n) is 9.71. The van der Waals surface area contributed by atoms with Gasteiger partial charge in [0.1, 0.15) is 5.60 Å². The number of allylic oxidation sites excluding steroid dienone is 4. The van der Waals surface area contributed by atoms with E-state index in [0.29, 0.717) is 24.2 Å². The van der Waals surface area contributed by atoms with E-state index in [2.05, 4.69) is 22.2 Å². The van der Waals surface area contributed by atoms with Gasteiger partial charge >= 0.3 is 0 Å². The minimum absolute atomic E-state index is 0.00904. The van der Waals surface area contributed by atoms with Crippen LogP contribution in [0.15, 0.2) is 54.3 Å². The van der Waals surface area contributed by atoms with Crippen LogP contribution in [0.25, 0.3) is 11.0 Å². The summed E-state index contributed by atoms with van der Waals surface area (Å²) in [7, 11) is 0. The molecule has 3 N–H and O–H groups in total. The van der Waals surface area contributed by atoms with Crippen LogP contribution >= 0.6 is 0 Å². The zero-order chi connectivity index (χ0) is 24.6. The number of hydrogen-bond acceptors (Lipinski definition) is 6. The molecule has 0 bridgehead atoms. The second-order valence-electron chi connectivity index (χ2n) is 11.3. The van der Waals surface area contributed by atoms with E-state index in [1.54, 1.807) is 12.2 Å². The molecule has 1 heterocycles. The average Bonchev–Trinajstić information content (AvgIpc) is 3.10. The number of nitrogens with one attached hydrogen (secondary N) is 1. The summed E-state index contributed by atoms with van der Waals surface area (Å²) in [5, 5.41) is 26.2. The summed E-state index contributed by atoms with van der Waals surface area (Å²) in [5.41, 5.74) is -0.269. The Kier molecular flexibility index (Phi) is 4.86. The lowest BCUT2D eigenvalue weighted by molar-refractivity contribution is -0.174. The normalized spacial score (nSPS) is 40.0. The molecule has 35 heavy (non-hydrogen) atoms. The number of carbonyl (C=O) groups is 2. The van der Waals surface area contributed by atoms with Crippen LogP contribution in [-0.2, 0) is 9.59 Å². The number of aliphatic hydroxyl groups is 2. The van der Waals surface area contributed by atoms with Crippen molar-refractivity contribution in [2.75, 3.05) is 5.32 Å². The topological polar surface area (TPSA) is 112 Å². The van der Waals surface area contributed by atoms with Crippen LogP contribution in [-0.4, -0.2) is 43.6 Å². The van der Waals surface area contributed by atoms with Crippen molar-refractivity contribution >= 4 is 28.5 Å². The first-order valence-electron chi connectivity index (χ1n) is 12.5. The fourth-order valence-electron chi connectivity index (χ4n) is 7.94. The van der Waals surface area contributed by atoms with Gasteiger partial charge in [-0.2, -0.15) is 0 Å². The van der Waals surface area contributed by atoms with Crippen LogP contribution < -0.4 is 5.32 Å². The van der Waals surface area contributed by atoms with Gasteiger partial charge in [0.2, 0.25) is 0 Å². The van der Waals surface area contributed by atoms with Crippen molar-refractivity contribution < 1.29 is 19.8 Å². The largest absolute Gasteiger partial charge is 0.393 e. The molecule has 3 fully saturated rings. The number of hydrogen-bond donors (Lipinski definition) is 3. The molecule has 4 aliphatic carbocycles. The summed E-state index contributed by atoms with van der Waals surface area (Å²) >= 11 is 0. The number of rotatable bonds is 2. The van der Waals surface area contributed by atoms with Gasteiger partial charge in [-0.1, -0.05) is 37.6 Å². The molecule has 4 aliphatic rings. The van der Waals surface area contributed by atoms with E-state index < -0.39 is 23.0 Å². The van der Waals surface area contributed by atoms with E-state index in [0.717, 1.165) is 30.4 Å². The number of amides is 1. The number of ketones is 1. The Hall–Kier alpha value is -2.90. The third-order valence-corrected chi connectivity index (χ3v) is 9.71. The Morgan fingerprint density at radius 3 is 2.74 bits per heavy atom. The van der Waals surface area contributed by atoms with Gasteiger partial charge in [-0.05, 0) is 68.2 Å². The second kappa shape index (κ2) is 7.55. The summed E-state index contributed by atoms with van der Waals surface area (Å²) in [6, 6.07) is 7.43. The number of para-hydroxylation sites is 2. The first kappa shape index (κ1) is 22.6. The van der Waals surface area contributed by atoms with Crippen molar-refractivity contribution in [2.24, 2.45) is 28.6 Å². The predicted molar refractivity (Wildman–Crippen MR) is 131 cm³/mol. The molecule has 1 amide bonds. The van der Waals surface area contributed by atoms with Crippen LogP contribution in [0, 0.1) is 28.6 Å². The molecule has 2 aromatic rings. The minimum atomic E-state index is -1.62. The van der Waals surface area contributed by atoms with E-state index in [9.17, 15) is 19.8 Å². The van der Waals surface area contributed by atoms with Crippen molar-refractivity contribution in [3.8, 4) is 0 Å². The lowest BCUT2D eigenvalue weighted by Gasteiger charge is -2.59. The van der Waals surface area contributed by atoms with Crippen molar-refractivity contribution in [3.05, 3.63) is 54.3 Å². The summed E-state index contributed by atoms with van der Waals surface area (Å²) < 4.78 is 0. The molecule has 7 heteroatoms. The molecule has 1 aromatic carbocycles. The maximum absolute atomic E-state index is 13.6. The number of aliphatic hydroxyl groups excluding tert-OH is 1. The molecule has 7 nitrogen and oxygen atoms in total. The molecule has 6 unspecified atom stereocenters. The molecule has 3 saturated carbocycles. The van der Waals surface area contributed by atoms with E-state index in [4.69, 9.17) is 0 Å². The Labute approximate surface area is 204 Å². The fourth-order valence-corrected chi connectivity index (χ4v) is 7.94. The van der Waals surface area contributed by atoms with Gasteiger partial charge in [-0.3, -0.25) is 14.6 Å². The van der Waals surface area contributed by atoms with E-state index in [1.165, 1.54) is 6.20 Å². The van der Waals surface area contributed by atoms with E-state index in [-0.39, 0.29) is 29.0 Å². The summed E-state index contributed by atoms with van der Waals surface area (Å²) in [6.45, 7) is 4.08. The van der Waals surface area contributed by atoms with Gasteiger partial charge < -0.3 is 15.5 Å². The summed E-state index contributed by atoms with van der Waals surface area (Å²) in [5.74, 6) is 0.0464. The molecular formula is C28H31N3O4. The third kappa shape index (κ3) is 3.10. The fraction of sp³-hybridized carbons (Fsp3) is 0.500. The smallest absolute Gasteiger partial charge is 0.258 e. The van der Waals surface area contributed by atoms with Gasteiger partial charge in [-0.15, -0.1) is 0 Å². The van der Waals surface area contributed by atoms with Gasteiger partial charge in [0.15, 0.2) is 11.6 Å². The standard InChI is InChI=1S/C28H31N3O4/c1-26-11-9-17(32)13-16(26)7-8-18-19-10-12-28(35,27(19,2)14-22(33)24(18)26)25(34)31-23-15-29-20-5-3-4-6-21(20)30-23/h3-6,9,11,13,15,18-19,22,24,33,35H,7-8,10,12,14H2,1-2H3,(H,30,31,34)/t18?,19?,22?,24?,26?,27?,28-/m0/s1. The quantitative estimate of drug-likeness (QED) is 0.615. The highest BCUT2D eigenvalue weighted by Gasteiger charge is 2.68. The summed E-state index contributed by atoms with van der Waals surface area (Å²) in [6.07, 6.45) is 9.18. The van der Waals surface area contributed by atoms with Crippen molar-refractivity contribution in [1.29, 1.82) is 0 Å². The maximum atomic E-state index is 13.6. The van der Waals surface area contributed by atoms with Crippen molar-refractivity contribution in [1.82, 2.24) is 9.97 Å². The number of anilines is 1. The van der Waals surface area contributed by atoms with Gasteiger partial charge in [-0.25, -0.2) is 4.98 Å². The number of fused-ring (bicyclic) bond motifs is 6. The Morgan fingerprint density at radius 2 is 1.94 bits per heavy atom. The van der Waals surface area contributed by atoms with Crippen LogP contribution in [0.4, 0.5) is 5.82 Å². The lowest BCUT2D eigenvalue weighted by Crippen LogP contribution is -2.62. The first-order valence-corrected chi connectivity index (χ1v) is 12.5. The number of carbonyl (C=O) groups excluding carboxylic acids is 2. The summed E-state index contributed by atoms with van der Waals surface area (Å²) in [4.78, 5) is 34.4. The molecule has 0 saturated heterocycles. The Balaban J connectivity index is 1.30. The number of aromatic nitrogens is 2. The average molecular weight is 474 g/mol. The van der Waals surface area contributed by atoms with Crippen LogP contribution in [0.1, 0.15) is 46.0 Å². The number of nitrogens with zero attached hydrogens (tertiary/aromatic N) is 2. The molecule has 1 aromatic heterocycles. The predicted octanol–water partition coefficient (Wildman–Crippen LogP) is 3.58. The molecule has 182 valence electrons. The molecule has 0 spiro atoms. The monoisotopic (exact) mass is 473 g/mol. The van der Waals surface area contributed by atoms with Crippen LogP contribution in [0.3, 0.4) is 0 Å². The maximum Gasteiger partial charge on any atom is 0.258 e. The molecule has 0 aliphatic heterocycles. The SMILES string of the molecule is CC12C=CC(=O)C=C1CCC1C2C(O)CC2(C)C1CC[C@]2(O)C(=O)Nc1cnc2ccccc2n1. The van der Waals surface area contributed by atoms with Crippen molar-refractivity contribution in [2.45, 2.75) is 57.7 Å². The van der Waals surface area contributed by atoms with Gasteiger partial charge in [0, 0.05) is 16.7 Å². The van der Waals surface area contributed by atoms with Crippen LogP contribution in [0.2, 0.25) is 0 Å². The zero-order valence-electron chi connectivity index (χ0n) is 20.1. The first-order chi connectivity index (χ1) is 16.7.